The summed E-state index contributed by atoms with van der Waals surface area (Å²) in [5.41, 5.74) is 10.9. The molecular formula is C20H26N2O2. The topological polar surface area (TPSA) is 47.7 Å². The third-order valence-electron chi connectivity index (χ3n) is 4.72. The van der Waals surface area contributed by atoms with Gasteiger partial charge >= 0.3 is 0 Å². The Bertz CT molecular complexity index is 700. The van der Waals surface area contributed by atoms with Gasteiger partial charge in [0, 0.05) is 13.1 Å². The highest BCUT2D eigenvalue weighted by molar-refractivity contribution is 5.62. The van der Waals surface area contributed by atoms with E-state index in [1.165, 1.54) is 16.7 Å². The number of ether oxygens (including phenoxy) is 2. The van der Waals surface area contributed by atoms with Crippen molar-refractivity contribution in [2.24, 2.45) is 0 Å². The fraction of sp³-hybridized carbons (Fsp3) is 0.400. The lowest BCUT2D eigenvalue weighted by atomic mass is 9.99. The van der Waals surface area contributed by atoms with Crippen molar-refractivity contribution in [3.8, 4) is 11.5 Å². The lowest BCUT2D eigenvalue weighted by Gasteiger charge is -2.28. The predicted molar refractivity (Wildman–Crippen MR) is 97.7 cm³/mol. The van der Waals surface area contributed by atoms with Gasteiger partial charge in [0.2, 0.25) is 0 Å². The van der Waals surface area contributed by atoms with Crippen molar-refractivity contribution in [2.75, 3.05) is 33.0 Å². The van der Waals surface area contributed by atoms with Crippen LogP contribution < -0.4 is 15.2 Å². The van der Waals surface area contributed by atoms with Crippen molar-refractivity contribution in [3.63, 3.8) is 0 Å². The van der Waals surface area contributed by atoms with Gasteiger partial charge in [0.15, 0.2) is 11.5 Å². The number of methoxy groups -OCH3 is 2. The van der Waals surface area contributed by atoms with Crippen LogP contribution in [0.1, 0.15) is 23.1 Å². The van der Waals surface area contributed by atoms with E-state index in [-0.39, 0.29) is 0 Å². The Labute approximate surface area is 144 Å². The van der Waals surface area contributed by atoms with Gasteiger partial charge in [-0.1, -0.05) is 24.3 Å². The van der Waals surface area contributed by atoms with E-state index < -0.39 is 0 Å². The Morgan fingerprint density at radius 3 is 2.62 bits per heavy atom. The monoisotopic (exact) mass is 326 g/mol. The number of hydrogen-bond acceptors (Lipinski definition) is 4. The van der Waals surface area contributed by atoms with E-state index in [0.717, 1.165) is 38.9 Å². The summed E-state index contributed by atoms with van der Waals surface area (Å²) in [5, 5.41) is 0. The summed E-state index contributed by atoms with van der Waals surface area (Å²) >= 11 is 0. The predicted octanol–water partition coefficient (Wildman–Crippen LogP) is 3.28. The summed E-state index contributed by atoms with van der Waals surface area (Å²) in [7, 11) is 3.26. The molecule has 0 unspecified atom stereocenters. The fourth-order valence-corrected chi connectivity index (χ4v) is 3.45. The second-order valence-electron chi connectivity index (χ2n) is 6.32. The molecule has 0 radical (unpaired) electrons. The van der Waals surface area contributed by atoms with Crippen LogP contribution in [0.3, 0.4) is 0 Å². The quantitative estimate of drug-likeness (QED) is 0.828. The van der Waals surface area contributed by atoms with Crippen molar-refractivity contribution >= 4 is 5.69 Å². The molecule has 0 fully saturated rings. The molecule has 128 valence electrons. The SMILES string of the molecule is COc1cc(CCCN2CCc3ccccc3C2)cc(N)c1OC. The Hall–Kier alpha value is -2.20. The third-order valence-corrected chi connectivity index (χ3v) is 4.72. The molecule has 4 nitrogen and oxygen atoms in total. The summed E-state index contributed by atoms with van der Waals surface area (Å²) in [5.74, 6) is 1.33. The van der Waals surface area contributed by atoms with E-state index in [9.17, 15) is 0 Å². The van der Waals surface area contributed by atoms with E-state index in [4.69, 9.17) is 15.2 Å². The van der Waals surface area contributed by atoms with Gasteiger partial charge in [-0.15, -0.1) is 0 Å². The number of rotatable bonds is 6. The molecular weight excluding hydrogens is 300 g/mol. The molecule has 0 atom stereocenters. The molecule has 1 aliphatic heterocycles. The van der Waals surface area contributed by atoms with Crippen LogP contribution in [0.15, 0.2) is 36.4 Å². The second kappa shape index (κ2) is 7.58. The smallest absolute Gasteiger partial charge is 0.183 e. The van der Waals surface area contributed by atoms with Crippen LogP contribution in [0.25, 0.3) is 0 Å². The van der Waals surface area contributed by atoms with Crippen LogP contribution in [0.2, 0.25) is 0 Å². The molecule has 0 aromatic heterocycles. The summed E-state index contributed by atoms with van der Waals surface area (Å²) in [6.45, 7) is 3.30. The number of anilines is 1. The summed E-state index contributed by atoms with van der Waals surface area (Å²) in [6.07, 6.45) is 3.25. The number of nitrogens with two attached hydrogens (primary N) is 1. The average molecular weight is 326 g/mol. The minimum absolute atomic E-state index is 0.619. The maximum Gasteiger partial charge on any atom is 0.183 e. The molecule has 1 heterocycles. The molecule has 0 amide bonds. The molecule has 4 heteroatoms. The summed E-state index contributed by atoms with van der Waals surface area (Å²) in [6, 6.07) is 12.8. The molecule has 24 heavy (non-hydrogen) atoms. The normalized spacial score (nSPS) is 14.2. The number of fused-ring (bicyclic) bond motifs is 1. The van der Waals surface area contributed by atoms with Gasteiger partial charge in [0.05, 0.1) is 19.9 Å². The molecule has 0 spiro atoms. The van der Waals surface area contributed by atoms with Crippen molar-refractivity contribution in [2.45, 2.75) is 25.8 Å². The highest BCUT2D eigenvalue weighted by Crippen LogP contribution is 2.34. The van der Waals surface area contributed by atoms with Crippen LogP contribution in [0, 0.1) is 0 Å². The van der Waals surface area contributed by atoms with Gasteiger partial charge < -0.3 is 15.2 Å². The van der Waals surface area contributed by atoms with E-state index in [1.807, 2.05) is 12.1 Å². The van der Waals surface area contributed by atoms with Crippen molar-refractivity contribution in [1.29, 1.82) is 0 Å². The van der Waals surface area contributed by atoms with Crippen LogP contribution in [-0.2, 0) is 19.4 Å². The number of hydrogen-bond donors (Lipinski definition) is 1. The second-order valence-corrected chi connectivity index (χ2v) is 6.32. The molecule has 3 rings (SSSR count). The third kappa shape index (κ3) is 3.65. The van der Waals surface area contributed by atoms with Gasteiger partial charge in [-0.05, 0) is 54.6 Å². The number of aryl methyl sites for hydroxylation is 1. The first kappa shape index (κ1) is 16.7. The Kier molecular flexibility index (Phi) is 5.26. The molecule has 0 bridgehead atoms. The van der Waals surface area contributed by atoms with Crippen LogP contribution in [0.4, 0.5) is 5.69 Å². The number of nitrogens with zero attached hydrogens (tertiary/aromatic N) is 1. The summed E-state index contributed by atoms with van der Waals surface area (Å²) in [4.78, 5) is 2.53. The fourth-order valence-electron chi connectivity index (χ4n) is 3.45. The maximum absolute atomic E-state index is 6.06. The Balaban J connectivity index is 1.57. The van der Waals surface area contributed by atoms with E-state index in [0.29, 0.717) is 17.2 Å². The van der Waals surface area contributed by atoms with E-state index >= 15 is 0 Å². The first-order valence-corrected chi connectivity index (χ1v) is 8.50. The van der Waals surface area contributed by atoms with Gasteiger partial charge in [-0.3, -0.25) is 4.90 Å². The summed E-state index contributed by atoms with van der Waals surface area (Å²) < 4.78 is 10.7. The number of nitrogen functional groups attached to an aromatic ring is 1. The standard InChI is InChI=1S/C20H26N2O2/c1-23-19-13-15(12-18(21)20(19)24-2)6-5-10-22-11-9-16-7-3-4-8-17(16)14-22/h3-4,7-8,12-13H,5-6,9-11,14,21H2,1-2H3. The minimum atomic E-state index is 0.619. The molecule has 2 N–H and O–H groups in total. The molecule has 2 aromatic rings. The first-order chi connectivity index (χ1) is 11.7. The van der Waals surface area contributed by atoms with Gasteiger partial charge in [-0.2, -0.15) is 0 Å². The zero-order chi connectivity index (χ0) is 16.9. The largest absolute Gasteiger partial charge is 0.493 e. The highest BCUT2D eigenvalue weighted by Gasteiger charge is 2.15. The van der Waals surface area contributed by atoms with Gasteiger partial charge in [-0.25, -0.2) is 0 Å². The van der Waals surface area contributed by atoms with Crippen LogP contribution in [0.5, 0.6) is 11.5 Å². The van der Waals surface area contributed by atoms with E-state index in [1.54, 1.807) is 14.2 Å². The van der Waals surface area contributed by atoms with Crippen molar-refractivity contribution < 1.29 is 9.47 Å². The Morgan fingerprint density at radius 2 is 1.88 bits per heavy atom. The zero-order valence-corrected chi connectivity index (χ0v) is 14.5. The van der Waals surface area contributed by atoms with Crippen LogP contribution in [-0.4, -0.2) is 32.2 Å². The maximum atomic E-state index is 6.06. The Morgan fingerprint density at radius 1 is 1.08 bits per heavy atom. The minimum Gasteiger partial charge on any atom is -0.493 e. The van der Waals surface area contributed by atoms with Crippen LogP contribution >= 0.6 is 0 Å². The lowest BCUT2D eigenvalue weighted by molar-refractivity contribution is 0.251. The number of benzene rings is 2. The highest BCUT2D eigenvalue weighted by atomic mass is 16.5. The average Bonchev–Trinajstić information content (AvgIpc) is 2.61. The molecule has 1 aliphatic rings. The van der Waals surface area contributed by atoms with Crippen molar-refractivity contribution in [1.82, 2.24) is 4.90 Å². The lowest BCUT2D eigenvalue weighted by Crippen LogP contribution is -2.31. The molecule has 0 saturated heterocycles. The molecule has 0 saturated carbocycles. The zero-order valence-electron chi connectivity index (χ0n) is 14.5. The van der Waals surface area contributed by atoms with Crippen molar-refractivity contribution in [3.05, 3.63) is 53.1 Å². The van der Waals surface area contributed by atoms with Gasteiger partial charge in [0.25, 0.3) is 0 Å². The first-order valence-electron chi connectivity index (χ1n) is 8.50. The molecule has 0 aliphatic carbocycles. The van der Waals surface area contributed by atoms with Gasteiger partial charge in [0.1, 0.15) is 0 Å². The molecule has 2 aromatic carbocycles. The van der Waals surface area contributed by atoms with E-state index in [2.05, 4.69) is 29.2 Å².